The molecular formula is C16H18FNO2S. The van der Waals surface area contributed by atoms with Crippen LogP contribution in [0.5, 0.6) is 0 Å². The van der Waals surface area contributed by atoms with Gasteiger partial charge in [-0.3, -0.25) is 0 Å². The van der Waals surface area contributed by atoms with Crippen molar-refractivity contribution in [3.8, 4) is 0 Å². The molecule has 0 amide bonds. The van der Waals surface area contributed by atoms with Gasteiger partial charge in [-0.2, -0.15) is 0 Å². The van der Waals surface area contributed by atoms with Crippen molar-refractivity contribution < 1.29 is 12.8 Å². The van der Waals surface area contributed by atoms with Crippen molar-refractivity contribution in [2.75, 3.05) is 0 Å². The second kappa shape index (κ2) is 6.83. The minimum atomic E-state index is -3.66. The van der Waals surface area contributed by atoms with Crippen LogP contribution in [0.3, 0.4) is 0 Å². The van der Waals surface area contributed by atoms with Crippen LogP contribution in [0.4, 0.5) is 4.39 Å². The van der Waals surface area contributed by atoms with Gasteiger partial charge >= 0.3 is 0 Å². The van der Waals surface area contributed by atoms with E-state index in [1.54, 1.807) is 0 Å². The molecule has 0 aromatic heterocycles. The van der Waals surface area contributed by atoms with Gasteiger partial charge in [-0.05, 0) is 36.2 Å². The predicted octanol–water partition coefficient (Wildman–Crippen LogP) is 3.65. The van der Waals surface area contributed by atoms with Crippen molar-refractivity contribution >= 4 is 10.0 Å². The topological polar surface area (TPSA) is 46.2 Å². The van der Waals surface area contributed by atoms with E-state index < -0.39 is 15.8 Å². The third kappa shape index (κ3) is 4.12. The van der Waals surface area contributed by atoms with E-state index in [2.05, 4.69) is 4.72 Å². The molecule has 2 aromatic rings. The van der Waals surface area contributed by atoms with Gasteiger partial charge in [0.2, 0.25) is 10.0 Å². The highest BCUT2D eigenvalue weighted by Crippen LogP contribution is 2.21. The summed E-state index contributed by atoms with van der Waals surface area (Å²) in [7, 11) is -3.66. The highest BCUT2D eigenvalue weighted by molar-refractivity contribution is 7.89. The molecule has 0 fully saturated rings. The monoisotopic (exact) mass is 307 g/mol. The first-order valence-corrected chi connectivity index (χ1v) is 8.34. The number of rotatable bonds is 6. The molecule has 0 bridgehead atoms. The summed E-state index contributed by atoms with van der Waals surface area (Å²) in [6.45, 7) is 2.00. The highest BCUT2D eigenvalue weighted by Gasteiger charge is 2.20. The maximum atomic E-state index is 12.9. The number of hydrogen-bond acceptors (Lipinski definition) is 2. The van der Waals surface area contributed by atoms with Gasteiger partial charge in [-0.25, -0.2) is 17.5 Å². The van der Waals surface area contributed by atoms with Crippen LogP contribution in [0.2, 0.25) is 0 Å². The van der Waals surface area contributed by atoms with Crippen LogP contribution in [0.15, 0.2) is 59.5 Å². The van der Waals surface area contributed by atoms with Gasteiger partial charge < -0.3 is 0 Å². The number of hydrogen-bond donors (Lipinski definition) is 1. The van der Waals surface area contributed by atoms with Crippen molar-refractivity contribution in [3.63, 3.8) is 0 Å². The molecule has 0 saturated carbocycles. The molecule has 0 heterocycles. The highest BCUT2D eigenvalue weighted by atomic mass is 32.2. The van der Waals surface area contributed by atoms with Crippen LogP contribution in [-0.2, 0) is 10.0 Å². The van der Waals surface area contributed by atoms with E-state index in [9.17, 15) is 12.8 Å². The third-order valence-corrected chi connectivity index (χ3v) is 4.69. The standard InChI is InChI=1S/C16H18FNO2S/c1-2-6-16(13-7-4-3-5-8-13)18-21(19,20)15-11-9-14(17)10-12-15/h3-5,7-12,16,18H,2,6H2,1H3/t16-/m1/s1. The van der Waals surface area contributed by atoms with Gasteiger partial charge in [-0.15, -0.1) is 0 Å². The molecule has 112 valence electrons. The summed E-state index contributed by atoms with van der Waals surface area (Å²) in [6.07, 6.45) is 1.55. The largest absolute Gasteiger partial charge is 0.241 e. The zero-order valence-electron chi connectivity index (χ0n) is 11.8. The van der Waals surface area contributed by atoms with Crippen molar-refractivity contribution in [3.05, 3.63) is 66.0 Å². The smallest absolute Gasteiger partial charge is 0.207 e. The number of nitrogens with one attached hydrogen (secondary N) is 1. The Kier molecular flexibility index (Phi) is 5.09. The fraction of sp³-hybridized carbons (Fsp3) is 0.250. The Morgan fingerprint density at radius 3 is 2.24 bits per heavy atom. The van der Waals surface area contributed by atoms with E-state index >= 15 is 0 Å². The molecule has 1 atom stereocenters. The third-order valence-electron chi connectivity index (χ3n) is 3.20. The van der Waals surface area contributed by atoms with Crippen LogP contribution in [0.25, 0.3) is 0 Å². The van der Waals surface area contributed by atoms with Crippen molar-refractivity contribution in [2.45, 2.75) is 30.7 Å². The Hall–Kier alpha value is -1.72. The van der Waals surface area contributed by atoms with Gasteiger partial charge in [-0.1, -0.05) is 43.7 Å². The molecule has 0 spiro atoms. The quantitative estimate of drug-likeness (QED) is 0.885. The molecule has 0 radical (unpaired) electrons. The lowest BCUT2D eigenvalue weighted by Gasteiger charge is -2.18. The first-order valence-electron chi connectivity index (χ1n) is 6.86. The summed E-state index contributed by atoms with van der Waals surface area (Å²) in [5, 5.41) is 0. The average Bonchev–Trinajstić information content (AvgIpc) is 2.48. The fourth-order valence-corrected chi connectivity index (χ4v) is 3.40. The first kappa shape index (κ1) is 15.7. The van der Waals surface area contributed by atoms with Gasteiger partial charge in [0.15, 0.2) is 0 Å². The Morgan fingerprint density at radius 1 is 1.05 bits per heavy atom. The minimum Gasteiger partial charge on any atom is -0.207 e. The molecule has 21 heavy (non-hydrogen) atoms. The lowest BCUT2D eigenvalue weighted by Crippen LogP contribution is -2.28. The number of halogens is 1. The van der Waals surface area contributed by atoms with E-state index in [4.69, 9.17) is 0 Å². The zero-order chi connectivity index (χ0) is 15.3. The molecule has 2 rings (SSSR count). The average molecular weight is 307 g/mol. The molecule has 0 saturated heterocycles. The maximum absolute atomic E-state index is 12.9. The summed E-state index contributed by atoms with van der Waals surface area (Å²) >= 11 is 0. The van der Waals surface area contributed by atoms with E-state index in [1.807, 2.05) is 37.3 Å². The molecule has 0 aliphatic heterocycles. The Morgan fingerprint density at radius 2 is 1.67 bits per heavy atom. The Labute approximate surface area is 124 Å². The van der Waals surface area contributed by atoms with Crippen LogP contribution in [0.1, 0.15) is 31.4 Å². The predicted molar refractivity (Wildman–Crippen MR) is 80.8 cm³/mol. The molecule has 1 N–H and O–H groups in total. The second-order valence-electron chi connectivity index (χ2n) is 4.83. The molecule has 0 aliphatic rings. The summed E-state index contributed by atoms with van der Waals surface area (Å²) in [6, 6.07) is 14.0. The first-order chi connectivity index (χ1) is 10.0. The summed E-state index contributed by atoms with van der Waals surface area (Å²) in [5.41, 5.74) is 0.921. The molecule has 3 nitrogen and oxygen atoms in total. The van der Waals surface area contributed by atoms with E-state index in [0.29, 0.717) is 6.42 Å². The van der Waals surface area contributed by atoms with Crippen molar-refractivity contribution in [1.29, 1.82) is 0 Å². The summed E-state index contributed by atoms with van der Waals surface area (Å²) in [5.74, 6) is -0.456. The summed E-state index contributed by atoms with van der Waals surface area (Å²) in [4.78, 5) is 0.0703. The molecule has 0 unspecified atom stereocenters. The van der Waals surface area contributed by atoms with Crippen LogP contribution in [0, 0.1) is 5.82 Å². The van der Waals surface area contributed by atoms with E-state index in [-0.39, 0.29) is 10.9 Å². The van der Waals surface area contributed by atoms with Crippen molar-refractivity contribution in [2.24, 2.45) is 0 Å². The van der Waals surface area contributed by atoms with E-state index in [0.717, 1.165) is 24.1 Å². The number of benzene rings is 2. The fourth-order valence-electron chi connectivity index (χ4n) is 2.14. The number of sulfonamides is 1. The van der Waals surface area contributed by atoms with E-state index in [1.165, 1.54) is 12.1 Å². The SMILES string of the molecule is CCC[C@@H](NS(=O)(=O)c1ccc(F)cc1)c1ccccc1. The molecule has 2 aromatic carbocycles. The Bertz CT molecular complexity index is 669. The van der Waals surface area contributed by atoms with Crippen LogP contribution < -0.4 is 4.72 Å². The minimum absolute atomic E-state index is 0.0703. The van der Waals surface area contributed by atoms with Gasteiger partial charge in [0.1, 0.15) is 5.82 Å². The molecule has 5 heteroatoms. The van der Waals surface area contributed by atoms with Gasteiger partial charge in [0, 0.05) is 6.04 Å². The normalized spacial score (nSPS) is 13.0. The zero-order valence-corrected chi connectivity index (χ0v) is 12.6. The lowest BCUT2D eigenvalue weighted by atomic mass is 10.0. The Balaban J connectivity index is 2.25. The van der Waals surface area contributed by atoms with Gasteiger partial charge in [0.05, 0.1) is 4.90 Å². The molecular weight excluding hydrogens is 289 g/mol. The van der Waals surface area contributed by atoms with Gasteiger partial charge in [0.25, 0.3) is 0 Å². The maximum Gasteiger partial charge on any atom is 0.241 e. The van der Waals surface area contributed by atoms with Crippen LogP contribution >= 0.6 is 0 Å². The summed E-state index contributed by atoms with van der Waals surface area (Å²) < 4.78 is 40.3. The van der Waals surface area contributed by atoms with Crippen molar-refractivity contribution in [1.82, 2.24) is 4.72 Å². The second-order valence-corrected chi connectivity index (χ2v) is 6.54. The lowest BCUT2D eigenvalue weighted by molar-refractivity contribution is 0.536. The molecule has 0 aliphatic carbocycles. The van der Waals surface area contributed by atoms with Crippen LogP contribution in [-0.4, -0.2) is 8.42 Å².